The van der Waals surface area contributed by atoms with Crippen molar-refractivity contribution >= 4 is 6.09 Å². The molecule has 3 nitrogen and oxygen atoms in total. The number of aryl methyl sites for hydroxylation is 1. The van der Waals surface area contributed by atoms with E-state index in [9.17, 15) is 4.79 Å². The summed E-state index contributed by atoms with van der Waals surface area (Å²) in [5.41, 5.74) is 6.43. The van der Waals surface area contributed by atoms with E-state index in [2.05, 4.69) is 56.0 Å². The number of carbonyl (C=O) groups excluding carboxylic acids is 1. The predicted molar refractivity (Wildman–Crippen MR) is 99.6 cm³/mol. The van der Waals surface area contributed by atoms with Gasteiger partial charge < -0.3 is 9.64 Å². The second kappa shape index (κ2) is 6.40. The maximum atomic E-state index is 12.5. The monoisotopic (exact) mass is 333 g/mol. The molecule has 2 bridgehead atoms. The van der Waals surface area contributed by atoms with Gasteiger partial charge in [0.25, 0.3) is 0 Å². The van der Waals surface area contributed by atoms with Gasteiger partial charge in [0.2, 0.25) is 0 Å². The van der Waals surface area contributed by atoms with Crippen molar-refractivity contribution in [2.45, 2.75) is 31.7 Å². The molecule has 2 aliphatic rings. The number of likely N-dealkylation sites (tertiary alicyclic amines) is 1. The van der Waals surface area contributed by atoms with E-state index in [1.807, 2.05) is 4.90 Å². The topological polar surface area (TPSA) is 29.5 Å². The van der Waals surface area contributed by atoms with Crippen molar-refractivity contribution in [1.29, 1.82) is 0 Å². The fourth-order valence-electron chi connectivity index (χ4n) is 4.25. The SMILES string of the molecule is C=CCOC(=O)N1CC[C@@H]2C[C@@H]1c1c(-c3ccc(C)cc3)cccc12. The molecule has 0 aromatic heterocycles. The van der Waals surface area contributed by atoms with E-state index >= 15 is 0 Å². The summed E-state index contributed by atoms with van der Waals surface area (Å²) in [5.74, 6) is 0.550. The van der Waals surface area contributed by atoms with Crippen LogP contribution in [0.15, 0.2) is 55.1 Å². The molecular weight excluding hydrogens is 310 g/mol. The van der Waals surface area contributed by atoms with Crippen LogP contribution in [0, 0.1) is 6.92 Å². The Labute approximate surface area is 148 Å². The van der Waals surface area contributed by atoms with Gasteiger partial charge in [-0.05, 0) is 47.9 Å². The summed E-state index contributed by atoms with van der Waals surface area (Å²) < 4.78 is 5.33. The minimum atomic E-state index is -0.227. The highest BCUT2D eigenvalue weighted by Crippen LogP contribution is 2.52. The minimum absolute atomic E-state index is 0.114. The third-order valence-corrected chi connectivity index (χ3v) is 5.44. The van der Waals surface area contributed by atoms with Crippen molar-refractivity contribution in [3.05, 3.63) is 71.8 Å². The molecule has 1 heterocycles. The molecule has 0 unspecified atom stereocenters. The van der Waals surface area contributed by atoms with Gasteiger partial charge >= 0.3 is 6.09 Å². The van der Waals surface area contributed by atoms with Gasteiger partial charge in [0.15, 0.2) is 0 Å². The maximum Gasteiger partial charge on any atom is 0.410 e. The van der Waals surface area contributed by atoms with Crippen LogP contribution < -0.4 is 0 Å². The largest absolute Gasteiger partial charge is 0.445 e. The van der Waals surface area contributed by atoms with Gasteiger partial charge in [0.1, 0.15) is 6.61 Å². The van der Waals surface area contributed by atoms with E-state index in [1.54, 1.807) is 6.08 Å². The van der Waals surface area contributed by atoms with Crippen LogP contribution in [-0.4, -0.2) is 24.1 Å². The number of benzene rings is 2. The van der Waals surface area contributed by atoms with E-state index in [-0.39, 0.29) is 18.7 Å². The van der Waals surface area contributed by atoms with Crippen molar-refractivity contribution < 1.29 is 9.53 Å². The Bertz CT molecular complexity index is 809. The number of piperidine rings is 1. The Morgan fingerprint density at radius 3 is 2.84 bits per heavy atom. The molecule has 0 radical (unpaired) electrons. The summed E-state index contributed by atoms with van der Waals surface area (Å²) in [5, 5.41) is 0. The lowest BCUT2D eigenvalue weighted by atomic mass is 9.93. The molecule has 1 amide bonds. The molecule has 2 aromatic carbocycles. The van der Waals surface area contributed by atoms with Crippen LogP contribution in [0.3, 0.4) is 0 Å². The molecule has 2 atom stereocenters. The number of hydrogen-bond donors (Lipinski definition) is 0. The molecule has 0 N–H and O–H groups in total. The van der Waals surface area contributed by atoms with Crippen LogP contribution in [0.4, 0.5) is 4.79 Å². The van der Waals surface area contributed by atoms with Gasteiger partial charge in [-0.1, -0.05) is 60.7 Å². The fourth-order valence-corrected chi connectivity index (χ4v) is 4.25. The number of rotatable bonds is 3. The molecular formula is C22H23NO2. The molecule has 2 aromatic rings. The first-order valence-corrected chi connectivity index (χ1v) is 8.93. The molecule has 1 aliphatic carbocycles. The number of ether oxygens (including phenoxy) is 1. The van der Waals surface area contributed by atoms with Gasteiger partial charge in [-0.15, -0.1) is 0 Å². The smallest absolute Gasteiger partial charge is 0.410 e. The van der Waals surface area contributed by atoms with E-state index < -0.39 is 0 Å². The average Bonchev–Trinajstić information content (AvgIpc) is 2.93. The normalized spacial score (nSPS) is 20.9. The molecule has 4 rings (SSSR count). The van der Waals surface area contributed by atoms with Crippen LogP contribution in [-0.2, 0) is 4.74 Å². The zero-order valence-corrected chi connectivity index (χ0v) is 14.6. The lowest BCUT2D eigenvalue weighted by molar-refractivity contribution is 0.0825. The molecule has 3 heteroatoms. The Morgan fingerprint density at radius 2 is 2.08 bits per heavy atom. The molecule has 1 fully saturated rings. The number of nitrogens with zero attached hydrogens (tertiary/aromatic N) is 1. The second-order valence-corrected chi connectivity index (χ2v) is 6.97. The van der Waals surface area contributed by atoms with Crippen LogP contribution in [0.5, 0.6) is 0 Å². The molecule has 0 saturated carbocycles. The summed E-state index contributed by atoms with van der Waals surface area (Å²) in [4.78, 5) is 14.4. The first-order valence-electron chi connectivity index (χ1n) is 8.93. The summed E-state index contributed by atoms with van der Waals surface area (Å²) in [6.07, 6.45) is 3.39. The zero-order chi connectivity index (χ0) is 17.4. The van der Waals surface area contributed by atoms with Crippen molar-refractivity contribution in [2.75, 3.05) is 13.2 Å². The van der Waals surface area contributed by atoms with Crippen LogP contribution in [0.1, 0.15) is 41.5 Å². The third kappa shape index (κ3) is 2.74. The first kappa shape index (κ1) is 15.9. The van der Waals surface area contributed by atoms with Crippen molar-refractivity contribution in [1.82, 2.24) is 4.90 Å². The summed E-state index contributed by atoms with van der Waals surface area (Å²) in [6, 6.07) is 15.3. The molecule has 128 valence electrons. The molecule has 1 saturated heterocycles. The van der Waals surface area contributed by atoms with Crippen molar-refractivity contribution in [2.24, 2.45) is 0 Å². The number of carbonyl (C=O) groups is 1. The predicted octanol–water partition coefficient (Wildman–Crippen LogP) is 5.22. The van der Waals surface area contributed by atoms with Gasteiger partial charge in [0.05, 0.1) is 6.04 Å². The molecule has 1 aliphatic heterocycles. The lowest BCUT2D eigenvalue weighted by Gasteiger charge is -2.33. The Kier molecular flexibility index (Phi) is 4.08. The average molecular weight is 333 g/mol. The van der Waals surface area contributed by atoms with Gasteiger partial charge in [-0.2, -0.15) is 0 Å². The Morgan fingerprint density at radius 1 is 1.28 bits per heavy atom. The maximum absolute atomic E-state index is 12.5. The highest BCUT2D eigenvalue weighted by molar-refractivity contribution is 5.75. The highest BCUT2D eigenvalue weighted by Gasteiger charge is 2.42. The summed E-state index contributed by atoms with van der Waals surface area (Å²) in [6.45, 7) is 6.75. The Balaban J connectivity index is 1.75. The van der Waals surface area contributed by atoms with E-state index in [4.69, 9.17) is 4.74 Å². The molecule has 25 heavy (non-hydrogen) atoms. The van der Waals surface area contributed by atoms with E-state index in [0.29, 0.717) is 5.92 Å². The highest BCUT2D eigenvalue weighted by atomic mass is 16.6. The van der Waals surface area contributed by atoms with Crippen molar-refractivity contribution in [3.8, 4) is 11.1 Å². The number of amides is 1. The van der Waals surface area contributed by atoms with Gasteiger partial charge in [-0.3, -0.25) is 0 Å². The minimum Gasteiger partial charge on any atom is -0.445 e. The van der Waals surface area contributed by atoms with Gasteiger partial charge in [0, 0.05) is 6.54 Å². The van der Waals surface area contributed by atoms with Crippen LogP contribution >= 0.6 is 0 Å². The second-order valence-electron chi connectivity index (χ2n) is 6.97. The third-order valence-electron chi connectivity index (χ3n) is 5.44. The van der Waals surface area contributed by atoms with E-state index in [0.717, 1.165) is 19.4 Å². The number of hydrogen-bond acceptors (Lipinski definition) is 2. The Hall–Kier alpha value is -2.55. The standard InChI is InChI=1S/C22H23NO2/c1-3-13-25-22(24)23-12-11-17-14-20(23)21-18(5-4-6-19(17)21)16-9-7-15(2)8-10-16/h3-10,17,20H,1,11-14H2,2H3/t17-,20-/m1/s1. The van der Waals surface area contributed by atoms with Gasteiger partial charge in [-0.25, -0.2) is 4.79 Å². The van der Waals surface area contributed by atoms with Crippen LogP contribution in [0.2, 0.25) is 0 Å². The first-order chi connectivity index (χ1) is 12.2. The zero-order valence-electron chi connectivity index (χ0n) is 14.6. The fraction of sp³-hybridized carbons (Fsp3) is 0.318. The van der Waals surface area contributed by atoms with Crippen LogP contribution in [0.25, 0.3) is 11.1 Å². The lowest BCUT2D eigenvalue weighted by Crippen LogP contribution is -2.38. The molecule has 0 spiro atoms. The van der Waals surface area contributed by atoms with E-state index in [1.165, 1.54) is 27.8 Å². The summed E-state index contributed by atoms with van der Waals surface area (Å²) >= 11 is 0. The van der Waals surface area contributed by atoms with Crippen molar-refractivity contribution in [3.63, 3.8) is 0 Å². The quantitative estimate of drug-likeness (QED) is 0.721. The summed E-state index contributed by atoms with van der Waals surface area (Å²) in [7, 11) is 0. The number of fused-ring (bicyclic) bond motifs is 5.